The summed E-state index contributed by atoms with van der Waals surface area (Å²) in [5.74, 6) is 0.454. The van der Waals surface area contributed by atoms with Gasteiger partial charge in [0.05, 0.1) is 5.69 Å². The number of aromatic nitrogens is 3. The largest absolute Gasteiger partial charge is 0.435 e. The third-order valence-electron chi connectivity index (χ3n) is 5.69. The van der Waals surface area contributed by atoms with Crippen molar-refractivity contribution in [2.75, 3.05) is 13.1 Å². The SMILES string of the molecule is CCn1nc(C(F)(F)F)cc1-c1ccc2[nH]c(C3CCN(C(C)=O)CC3)cc2c1. The van der Waals surface area contributed by atoms with Gasteiger partial charge in [-0.15, -0.1) is 0 Å². The summed E-state index contributed by atoms with van der Waals surface area (Å²) in [5.41, 5.74) is 2.36. The number of carbonyl (C=O) groups is 1. The highest BCUT2D eigenvalue weighted by molar-refractivity contribution is 5.85. The van der Waals surface area contributed by atoms with E-state index in [4.69, 9.17) is 0 Å². The zero-order chi connectivity index (χ0) is 20.8. The lowest BCUT2D eigenvalue weighted by Crippen LogP contribution is -2.36. The monoisotopic (exact) mass is 404 g/mol. The summed E-state index contributed by atoms with van der Waals surface area (Å²) in [5, 5.41) is 4.67. The van der Waals surface area contributed by atoms with Crippen LogP contribution in [0, 0.1) is 0 Å². The quantitative estimate of drug-likeness (QED) is 0.682. The fourth-order valence-corrected chi connectivity index (χ4v) is 4.07. The highest BCUT2D eigenvalue weighted by atomic mass is 19.4. The number of fused-ring (bicyclic) bond motifs is 1. The summed E-state index contributed by atoms with van der Waals surface area (Å²) in [6.45, 7) is 5.22. The number of hydrogen-bond acceptors (Lipinski definition) is 2. The Balaban J connectivity index is 1.63. The number of likely N-dealkylation sites (tertiary alicyclic amines) is 1. The van der Waals surface area contributed by atoms with Crippen molar-refractivity contribution in [3.05, 3.63) is 41.7 Å². The Morgan fingerprint density at radius 1 is 1.21 bits per heavy atom. The predicted octanol–water partition coefficient (Wildman–Crippen LogP) is 4.80. The van der Waals surface area contributed by atoms with Crippen LogP contribution in [-0.2, 0) is 17.5 Å². The van der Waals surface area contributed by atoms with Crippen molar-refractivity contribution in [1.82, 2.24) is 19.7 Å². The first-order valence-corrected chi connectivity index (χ1v) is 9.80. The second-order valence-corrected chi connectivity index (χ2v) is 7.54. The fourth-order valence-electron chi connectivity index (χ4n) is 4.07. The van der Waals surface area contributed by atoms with Crippen LogP contribution < -0.4 is 0 Å². The number of carbonyl (C=O) groups excluding carboxylic acids is 1. The molecule has 4 rings (SSSR count). The topological polar surface area (TPSA) is 53.9 Å². The Morgan fingerprint density at radius 2 is 1.93 bits per heavy atom. The number of amides is 1. The average molecular weight is 404 g/mol. The summed E-state index contributed by atoms with van der Waals surface area (Å²) >= 11 is 0. The normalized spacial score (nSPS) is 16.0. The minimum atomic E-state index is -4.46. The molecule has 1 aliphatic rings. The molecule has 1 aliphatic heterocycles. The van der Waals surface area contributed by atoms with Gasteiger partial charge in [-0.2, -0.15) is 18.3 Å². The fraction of sp³-hybridized carbons (Fsp3) is 0.429. The van der Waals surface area contributed by atoms with Crippen molar-refractivity contribution in [2.24, 2.45) is 0 Å². The highest BCUT2D eigenvalue weighted by Crippen LogP contribution is 2.34. The molecule has 1 aromatic carbocycles. The number of alkyl halides is 3. The number of aryl methyl sites for hydroxylation is 1. The molecule has 0 atom stereocenters. The average Bonchev–Trinajstić information content (AvgIpc) is 3.31. The molecule has 3 heterocycles. The third kappa shape index (κ3) is 3.75. The molecule has 154 valence electrons. The lowest BCUT2D eigenvalue weighted by molar-refractivity contribution is -0.141. The van der Waals surface area contributed by atoms with E-state index in [1.807, 2.05) is 23.1 Å². The Labute approximate surface area is 166 Å². The van der Waals surface area contributed by atoms with Crippen LogP contribution in [0.1, 0.15) is 44.0 Å². The molecule has 8 heteroatoms. The lowest BCUT2D eigenvalue weighted by atomic mass is 9.93. The summed E-state index contributed by atoms with van der Waals surface area (Å²) in [6.07, 6.45) is -2.66. The number of nitrogens with zero attached hydrogens (tertiary/aromatic N) is 3. The van der Waals surface area contributed by atoms with E-state index in [-0.39, 0.29) is 5.91 Å². The molecule has 0 saturated carbocycles. The van der Waals surface area contributed by atoms with Gasteiger partial charge in [-0.05, 0) is 44.0 Å². The first kappa shape index (κ1) is 19.5. The zero-order valence-electron chi connectivity index (χ0n) is 16.4. The molecule has 0 radical (unpaired) electrons. The number of benzene rings is 1. The van der Waals surface area contributed by atoms with Crippen molar-refractivity contribution < 1.29 is 18.0 Å². The van der Waals surface area contributed by atoms with E-state index in [0.29, 0.717) is 23.7 Å². The Hall–Kier alpha value is -2.77. The van der Waals surface area contributed by atoms with Gasteiger partial charge >= 0.3 is 6.18 Å². The van der Waals surface area contributed by atoms with E-state index in [1.54, 1.807) is 13.8 Å². The Bertz CT molecular complexity index is 1040. The Morgan fingerprint density at radius 3 is 2.55 bits per heavy atom. The maximum absolute atomic E-state index is 13.1. The molecule has 1 fully saturated rings. The molecule has 1 amide bonds. The van der Waals surface area contributed by atoms with E-state index >= 15 is 0 Å². The van der Waals surface area contributed by atoms with Gasteiger partial charge in [-0.25, -0.2) is 0 Å². The van der Waals surface area contributed by atoms with Crippen LogP contribution in [0.25, 0.3) is 22.2 Å². The minimum Gasteiger partial charge on any atom is -0.358 e. The van der Waals surface area contributed by atoms with Crippen molar-refractivity contribution in [3.63, 3.8) is 0 Å². The van der Waals surface area contributed by atoms with Gasteiger partial charge in [0.15, 0.2) is 5.69 Å². The summed E-state index contributed by atoms with van der Waals surface area (Å²) in [7, 11) is 0. The number of rotatable bonds is 3. The Kier molecular flexibility index (Phi) is 4.88. The molecule has 29 heavy (non-hydrogen) atoms. The number of hydrogen-bond donors (Lipinski definition) is 1. The van der Waals surface area contributed by atoms with E-state index in [2.05, 4.69) is 16.1 Å². The number of H-pyrrole nitrogens is 1. The van der Waals surface area contributed by atoms with Crippen LogP contribution in [-0.4, -0.2) is 38.7 Å². The van der Waals surface area contributed by atoms with Gasteiger partial charge < -0.3 is 9.88 Å². The first-order valence-electron chi connectivity index (χ1n) is 9.80. The summed E-state index contributed by atoms with van der Waals surface area (Å²) < 4.78 is 40.6. The van der Waals surface area contributed by atoms with Crippen LogP contribution in [0.3, 0.4) is 0 Å². The van der Waals surface area contributed by atoms with E-state index < -0.39 is 11.9 Å². The third-order valence-corrected chi connectivity index (χ3v) is 5.69. The molecule has 0 unspecified atom stereocenters. The van der Waals surface area contributed by atoms with Crippen molar-refractivity contribution in [2.45, 2.75) is 45.3 Å². The van der Waals surface area contributed by atoms with Gasteiger partial charge in [0.25, 0.3) is 0 Å². The van der Waals surface area contributed by atoms with E-state index in [9.17, 15) is 18.0 Å². The van der Waals surface area contributed by atoms with Gasteiger partial charge in [0.2, 0.25) is 5.91 Å². The molecule has 3 aromatic rings. The van der Waals surface area contributed by atoms with Crippen LogP contribution >= 0.6 is 0 Å². The number of aromatic amines is 1. The highest BCUT2D eigenvalue weighted by Gasteiger charge is 2.35. The van der Waals surface area contributed by atoms with Gasteiger partial charge in [0.1, 0.15) is 0 Å². The maximum atomic E-state index is 13.1. The van der Waals surface area contributed by atoms with E-state index in [1.165, 1.54) is 4.68 Å². The number of piperidine rings is 1. The van der Waals surface area contributed by atoms with E-state index in [0.717, 1.165) is 48.6 Å². The van der Waals surface area contributed by atoms with Gasteiger partial charge in [-0.3, -0.25) is 9.48 Å². The van der Waals surface area contributed by atoms with Crippen LogP contribution in [0.15, 0.2) is 30.3 Å². The van der Waals surface area contributed by atoms with Crippen molar-refractivity contribution >= 4 is 16.8 Å². The molecular formula is C21H23F3N4O. The molecule has 2 aromatic heterocycles. The molecule has 1 saturated heterocycles. The smallest absolute Gasteiger partial charge is 0.358 e. The number of nitrogens with one attached hydrogen (secondary N) is 1. The lowest BCUT2D eigenvalue weighted by Gasteiger charge is -2.30. The zero-order valence-corrected chi connectivity index (χ0v) is 16.4. The molecule has 0 spiro atoms. The summed E-state index contributed by atoms with van der Waals surface area (Å²) in [6, 6.07) is 8.81. The van der Waals surface area contributed by atoms with Gasteiger partial charge in [0, 0.05) is 54.6 Å². The molecule has 0 bridgehead atoms. The molecular weight excluding hydrogens is 381 g/mol. The van der Waals surface area contributed by atoms with Gasteiger partial charge in [-0.1, -0.05) is 6.07 Å². The summed E-state index contributed by atoms with van der Waals surface area (Å²) in [4.78, 5) is 16.8. The number of halogens is 3. The first-order chi connectivity index (χ1) is 13.8. The second kappa shape index (κ2) is 7.24. The second-order valence-electron chi connectivity index (χ2n) is 7.54. The minimum absolute atomic E-state index is 0.107. The molecule has 1 N–H and O–H groups in total. The van der Waals surface area contributed by atoms with Crippen LogP contribution in [0.2, 0.25) is 0 Å². The molecule has 0 aliphatic carbocycles. The molecule has 5 nitrogen and oxygen atoms in total. The predicted molar refractivity (Wildman–Crippen MR) is 104 cm³/mol. The van der Waals surface area contributed by atoms with Crippen molar-refractivity contribution in [1.29, 1.82) is 0 Å². The van der Waals surface area contributed by atoms with Crippen LogP contribution in [0.4, 0.5) is 13.2 Å². The van der Waals surface area contributed by atoms with Crippen molar-refractivity contribution in [3.8, 4) is 11.3 Å². The standard InChI is InChI=1S/C21H23F3N4O/c1-3-28-19(12-20(26-28)21(22,23)24)15-4-5-17-16(10-15)11-18(25-17)14-6-8-27(9-7-14)13(2)29/h4-5,10-12,14,25H,3,6-9H2,1-2H3. The maximum Gasteiger partial charge on any atom is 0.435 e. The van der Waals surface area contributed by atoms with Crippen LogP contribution in [0.5, 0.6) is 0 Å².